The second kappa shape index (κ2) is 7.53. The summed E-state index contributed by atoms with van der Waals surface area (Å²) in [6.07, 6.45) is 3.86. The molecule has 0 aliphatic carbocycles. The smallest absolute Gasteiger partial charge is 0.255 e. The molecule has 1 fully saturated rings. The van der Waals surface area contributed by atoms with Crippen LogP contribution in [0.2, 0.25) is 0 Å². The molecule has 1 atom stereocenters. The van der Waals surface area contributed by atoms with Gasteiger partial charge in [0.2, 0.25) is 0 Å². The number of pyridine rings is 1. The summed E-state index contributed by atoms with van der Waals surface area (Å²) >= 11 is 1.97. The Labute approximate surface area is 125 Å². The van der Waals surface area contributed by atoms with Crippen LogP contribution in [0.3, 0.4) is 0 Å². The van der Waals surface area contributed by atoms with E-state index in [2.05, 4.69) is 24.1 Å². The number of nitrogens with one attached hydrogen (secondary N) is 1. The molecule has 1 aliphatic rings. The topological polar surface area (TPSA) is 45.2 Å². The molecule has 5 heteroatoms. The van der Waals surface area contributed by atoms with Gasteiger partial charge in [0.15, 0.2) is 0 Å². The van der Waals surface area contributed by atoms with Gasteiger partial charge in [-0.1, -0.05) is 13.8 Å². The molecule has 2 rings (SSSR count). The van der Waals surface area contributed by atoms with Crippen LogP contribution in [0.25, 0.3) is 0 Å². The van der Waals surface area contributed by atoms with Crippen LogP contribution in [0.1, 0.15) is 37.0 Å². The molecule has 0 saturated carbocycles. The highest BCUT2D eigenvalue weighted by molar-refractivity contribution is 8.00. The Bertz CT molecular complexity index is 435. The number of rotatable bonds is 5. The standard InChI is InChI=1S/C15H23N3OS/c1-3-7-16-14-6-5-12(10-17-14)15(19)18-8-9-20-13(4-2)11-18/h5-6,10,13H,3-4,7-9,11H2,1-2H3,(H,16,17). The van der Waals surface area contributed by atoms with E-state index in [9.17, 15) is 4.79 Å². The largest absolute Gasteiger partial charge is 0.370 e. The summed E-state index contributed by atoms with van der Waals surface area (Å²) in [5.41, 5.74) is 0.689. The molecule has 0 radical (unpaired) electrons. The molecule has 1 aliphatic heterocycles. The lowest BCUT2D eigenvalue weighted by Crippen LogP contribution is -2.41. The Morgan fingerprint density at radius 2 is 2.35 bits per heavy atom. The molecule has 20 heavy (non-hydrogen) atoms. The number of carbonyl (C=O) groups is 1. The number of nitrogens with zero attached hydrogens (tertiary/aromatic N) is 2. The number of thioether (sulfide) groups is 1. The third-order valence-electron chi connectivity index (χ3n) is 3.45. The maximum absolute atomic E-state index is 12.4. The van der Waals surface area contributed by atoms with Gasteiger partial charge < -0.3 is 10.2 Å². The molecule has 1 aromatic rings. The molecule has 1 amide bonds. The summed E-state index contributed by atoms with van der Waals surface area (Å²) in [6.45, 7) is 6.90. The zero-order valence-corrected chi connectivity index (χ0v) is 13.1. The van der Waals surface area contributed by atoms with E-state index in [1.807, 2.05) is 28.8 Å². The number of carbonyl (C=O) groups excluding carboxylic acids is 1. The predicted molar refractivity (Wildman–Crippen MR) is 85.5 cm³/mol. The summed E-state index contributed by atoms with van der Waals surface area (Å²) in [5.74, 6) is 1.98. The fourth-order valence-corrected chi connectivity index (χ4v) is 3.39. The highest BCUT2D eigenvalue weighted by atomic mass is 32.2. The van der Waals surface area contributed by atoms with Crippen molar-refractivity contribution in [1.82, 2.24) is 9.88 Å². The third-order valence-corrected chi connectivity index (χ3v) is 4.82. The van der Waals surface area contributed by atoms with Gasteiger partial charge in [-0.3, -0.25) is 4.79 Å². The second-order valence-electron chi connectivity index (χ2n) is 5.01. The number of hydrogen-bond donors (Lipinski definition) is 1. The summed E-state index contributed by atoms with van der Waals surface area (Å²) in [5, 5.41) is 3.79. The molecule has 1 saturated heterocycles. The van der Waals surface area contributed by atoms with Crippen molar-refractivity contribution in [2.24, 2.45) is 0 Å². The zero-order valence-electron chi connectivity index (χ0n) is 12.3. The summed E-state index contributed by atoms with van der Waals surface area (Å²) in [7, 11) is 0. The van der Waals surface area contributed by atoms with Crippen LogP contribution in [-0.2, 0) is 0 Å². The van der Waals surface area contributed by atoms with Gasteiger partial charge in [-0.15, -0.1) is 0 Å². The molecule has 0 aromatic carbocycles. The van der Waals surface area contributed by atoms with Gasteiger partial charge in [-0.25, -0.2) is 4.98 Å². The molecule has 110 valence electrons. The normalized spacial score (nSPS) is 18.9. The molecule has 1 unspecified atom stereocenters. The molecule has 0 spiro atoms. The number of hydrogen-bond acceptors (Lipinski definition) is 4. The minimum atomic E-state index is 0.110. The van der Waals surface area contributed by atoms with Gasteiger partial charge >= 0.3 is 0 Å². The van der Waals surface area contributed by atoms with E-state index in [0.29, 0.717) is 10.8 Å². The molecule has 1 aromatic heterocycles. The van der Waals surface area contributed by atoms with Gasteiger partial charge in [0.1, 0.15) is 5.82 Å². The maximum atomic E-state index is 12.4. The van der Waals surface area contributed by atoms with E-state index in [-0.39, 0.29) is 5.91 Å². The fourth-order valence-electron chi connectivity index (χ4n) is 2.21. The molecule has 0 bridgehead atoms. The van der Waals surface area contributed by atoms with Crippen molar-refractivity contribution in [3.05, 3.63) is 23.9 Å². The van der Waals surface area contributed by atoms with Gasteiger partial charge in [0, 0.05) is 36.8 Å². The highest BCUT2D eigenvalue weighted by Gasteiger charge is 2.23. The van der Waals surface area contributed by atoms with Crippen LogP contribution in [0, 0.1) is 0 Å². The van der Waals surface area contributed by atoms with E-state index >= 15 is 0 Å². The lowest BCUT2D eigenvalue weighted by atomic mass is 10.2. The van der Waals surface area contributed by atoms with Gasteiger partial charge in [-0.2, -0.15) is 11.8 Å². The van der Waals surface area contributed by atoms with E-state index < -0.39 is 0 Å². The Kier molecular flexibility index (Phi) is 5.71. The van der Waals surface area contributed by atoms with E-state index in [1.165, 1.54) is 0 Å². The summed E-state index contributed by atoms with van der Waals surface area (Å²) < 4.78 is 0. The zero-order chi connectivity index (χ0) is 14.4. The van der Waals surface area contributed by atoms with Crippen molar-refractivity contribution in [2.45, 2.75) is 31.9 Å². The summed E-state index contributed by atoms with van der Waals surface area (Å²) in [4.78, 5) is 18.7. The first kappa shape index (κ1) is 15.2. The minimum absolute atomic E-state index is 0.110. The molecule has 2 heterocycles. The maximum Gasteiger partial charge on any atom is 0.255 e. The van der Waals surface area contributed by atoms with Crippen LogP contribution in [0.15, 0.2) is 18.3 Å². The van der Waals surface area contributed by atoms with Gasteiger partial charge in [-0.05, 0) is 25.0 Å². The van der Waals surface area contributed by atoms with Crippen molar-refractivity contribution in [1.29, 1.82) is 0 Å². The lowest BCUT2D eigenvalue weighted by Gasteiger charge is -2.31. The highest BCUT2D eigenvalue weighted by Crippen LogP contribution is 2.22. The monoisotopic (exact) mass is 293 g/mol. The Balaban J connectivity index is 1.98. The molecular formula is C15H23N3OS. The van der Waals surface area contributed by atoms with Crippen molar-refractivity contribution in [3.63, 3.8) is 0 Å². The molecule has 4 nitrogen and oxygen atoms in total. The average Bonchev–Trinajstić information content (AvgIpc) is 2.52. The van der Waals surface area contributed by atoms with Crippen molar-refractivity contribution in [3.8, 4) is 0 Å². The Morgan fingerprint density at radius 1 is 1.50 bits per heavy atom. The third kappa shape index (κ3) is 3.88. The van der Waals surface area contributed by atoms with Crippen LogP contribution < -0.4 is 5.32 Å². The van der Waals surface area contributed by atoms with Crippen molar-refractivity contribution >= 4 is 23.5 Å². The molecular weight excluding hydrogens is 270 g/mol. The van der Waals surface area contributed by atoms with Crippen LogP contribution in [-0.4, -0.2) is 46.4 Å². The van der Waals surface area contributed by atoms with Gasteiger partial charge in [0.05, 0.1) is 5.56 Å². The number of aromatic nitrogens is 1. The van der Waals surface area contributed by atoms with Crippen molar-refractivity contribution < 1.29 is 4.79 Å². The Hall–Kier alpha value is -1.23. The lowest BCUT2D eigenvalue weighted by molar-refractivity contribution is 0.0760. The van der Waals surface area contributed by atoms with Crippen LogP contribution in [0.5, 0.6) is 0 Å². The average molecular weight is 293 g/mol. The quantitative estimate of drug-likeness (QED) is 0.906. The second-order valence-corrected chi connectivity index (χ2v) is 6.42. The first-order chi connectivity index (χ1) is 9.74. The van der Waals surface area contributed by atoms with E-state index in [0.717, 1.165) is 44.0 Å². The SMILES string of the molecule is CCCNc1ccc(C(=O)N2CCSC(CC)C2)cn1. The Morgan fingerprint density at radius 3 is 3.00 bits per heavy atom. The van der Waals surface area contributed by atoms with E-state index in [4.69, 9.17) is 0 Å². The van der Waals surface area contributed by atoms with Crippen molar-refractivity contribution in [2.75, 3.05) is 30.7 Å². The first-order valence-electron chi connectivity index (χ1n) is 7.35. The number of amides is 1. The minimum Gasteiger partial charge on any atom is -0.370 e. The summed E-state index contributed by atoms with van der Waals surface area (Å²) in [6, 6.07) is 3.76. The van der Waals surface area contributed by atoms with Crippen LogP contribution in [0.4, 0.5) is 5.82 Å². The van der Waals surface area contributed by atoms with E-state index in [1.54, 1.807) is 6.20 Å². The first-order valence-corrected chi connectivity index (χ1v) is 8.40. The van der Waals surface area contributed by atoms with Gasteiger partial charge in [0.25, 0.3) is 5.91 Å². The van der Waals surface area contributed by atoms with Crippen LogP contribution >= 0.6 is 11.8 Å². The molecule has 1 N–H and O–H groups in total. The fraction of sp³-hybridized carbons (Fsp3) is 0.600. The predicted octanol–water partition coefficient (Wildman–Crippen LogP) is 2.87. The number of anilines is 1.